The minimum Gasteiger partial charge on any atom is -0.480 e. The van der Waals surface area contributed by atoms with E-state index in [1.54, 1.807) is 0 Å². The highest BCUT2D eigenvalue weighted by atomic mass is 31.2. The molecule has 0 aromatic heterocycles. The Morgan fingerprint density at radius 3 is 1.24 bits per heavy atom. The van der Waals surface area contributed by atoms with Crippen LogP contribution in [0.15, 0.2) is 12.2 Å². The van der Waals surface area contributed by atoms with Gasteiger partial charge >= 0.3 is 25.7 Å². The van der Waals surface area contributed by atoms with Gasteiger partial charge in [-0.1, -0.05) is 199 Å². The molecule has 348 valence electrons. The fourth-order valence-corrected chi connectivity index (χ4v) is 7.72. The van der Waals surface area contributed by atoms with E-state index in [1.165, 1.54) is 161 Å². The summed E-state index contributed by atoms with van der Waals surface area (Å²) in [5.74, 6) is -2.36. The van der Waals surface area contributed by atoms with Gasteiger partial charge in [-0.05, 0) is 38.5 Å². The molecular weight excluding hydrogens is 769 g/mol. The van der Waals surface area contributed by atoms with Crippen molar-refractivity contribution in [1.29, 1.82) is 0 Å². The van der Waals surface area contributed by atoms with Crippen molar-refractivity contribution in [2.45, 2.75) is 251 Å². The molecule has 0 saturated carbocycles. The number of phosphoric acid groups is 1. The Morgan fingerprint density at radius 2 is 0.847 bits per heavy atom. The van der Waals surface area contributed by atoms with E-state index in [2.05, 4.69) is 30.5 Å². The summed E-state index contributed by atoms with van der Waals surface area (Å²) in [6, 6.07) is -1.52. The van der Waals surface area contributed by atoms with E-state index in [9.17, 15) is 23.8 Å². The standard InChI is InChI=1S/C47H90NO10P/c1-3-5-7-9-11-13-15-17-19-21-22-23-25-27-29-31-33-35-37-39-46(50)58-43(41-56-59(53,54)57-42-44(48)47(51)52)40-55-45(49)38-36-34-32-30-28-26-24-20-18-16-14-12-10-8-6-4-2/h17,19,43-44H,3-16,18,20-42,48H2,1-2H3,(H,51,52)(H,53,54)/b19-17+/t43-,44+/m1/s1. The van der Waals surface area contributed by atoms with Crippen molar-refractivity contribution in [3.8, 4) is 0 Å². The Kier molecular flexibility index (Phi) is 41.6. The van der Waals surface area contributed by atoms with Crippen molar-refractivity contribution in [2.24, 2.45) is 5.73 Å². The summed E-state index contributed by atoms with van der Waals surface area (Å²) in [7, 11) is -4.71. The molecular formula is C47H90NO10P. The van der Waals surface area contributed by atoms with E-state index in [4.69, 9.17) is 24.8 Å². The zero-order chi connectivity index (χ0) is 43.5. The number of ether oxygens (including phenoxy) is 2. The number of carboxylic acids is 1. The molecule has 0 aliphatic carbocycles. The molecule has 0 radical (unpaired) electrons. The minimum absolute atomic E-state index is 0.163. The van der Waals surface area contributed by atoms with Gasteiger partial charge in [0.2, 0.25) is 0 Å². The highest BCUT2D eigenvalue weighted by Crippen LogP contribution is 2.43. The van der Waals surface area contributed by atoms with Crippen LogP contribution >= 0.6 is 7.82 Å². The molecule has 0 spiro atoms. The fourth-order valence-electron chi connectivity index (χ4n) is 6.94. The number of unbranched alkanes of at least 4 members (excludes halogenated alkanes) is 30. The summed E-state index contributed by atoms with van der Waals surface area (Å²) in [5, 5.41) is 8.91. The van der Waals surface area contributed by atoms with E-state index >= 15 is 0 Å². The van der Waals surface area contributed by atoms with E-state index < -0.39 is 51.1 Å². The number of allylic oxidation sites excluding steroid dienone is 2. The maximum absolute atomic E-state index is 12.7. The minimum atomic E-state index is -4.71. The number of carbonyl (C=O) groups is 3. The molecule has 0 bridgehead atoms. The molecule has 11 nitrogen and oxygen atoms in total. The van der Waals surface area contributed by atoms with Gasteiger partial charge in [-0.3, -0.25) is 23.4 Å². The first-order chi connectivity index (χ1) is 28.6. The second kappa shape index (κ2) is 42.9. The molecule has 0 fully saturated rings. The second-order valence-corrected chi connectivity index (χ2v) is 18.1. The van der Waals surface area contributed by atoms with Gasteiger partial charge in [0, 0.05) is 12.8 Å². The molecule has 0 heterocycles. The Labute approximate surface area is 360 Å². The van der Waals surface area contributed by atoms with Crippen molar-refractivity contribution in [2.75, 3.05) is 19.8 Å². The maximum Gasteiger partial charge on any atom is 0.472 e. The monoisotopic (exact) mass is 860 g/mol. The number of aliphatic carboxylic acids is 1. The number of carbonyl (C=O) groups excluding carboxylic acids is 2. The van der Waals surface area contributed by atoms with Crippen molar-refractivity contribution >= 4 is 25.7 Å². The van der Waals surface area contributed by atoms with Gasteiger partial charge in [-0.2, -0.15) is 0 Å². The van der Waals surface area contributed by atoms with Crippen LogP contribution in [0, 0.1) is 0 Å². The van der Waals surface area contributed by atoms with Crippen LogP contribution < -0.4 is 5.73 Å². The van der Waals surface area contributed by atoms with Gasteiger partial charge in [-0.15, -0.1) is 0 Å². The quantitative estimate of drug-likeness (QED) is 0.0230. The lowest BCUT2D eigenvalue weighted by molar-refractivity contribution is -0.161. The SMILES string of the molecule is CCCCCCCC/C=C/CCCCCCCCCCCC(=O)O[C@H](COC(=O)CCCCCCCCCCCCCCCCCC)COP(=O)(O)OC[C@H](N)C(=O)O. The van der Waals surface area contributed by atoms with Gasteiger partial charge in [0.15, 0.2) is 6.10 Å². The Morgan fingerprint density at radius 1 is 0.508 bits per heavy atom. The molecule has 0 amide bonds. The zero-order valence-electron chi connectivity index (χ0n) is 37.9. The van der Waals surface area contributed by atoms with Crippen molar-refractivity contribution in [3.63, 3.8) is 0 Å². The Balaban J connectivity index is 4.26. The van der Waals surface area contributed by atoms with Crippen molar-refractivity contribution in [3.05, 3.63) is 12.2 Å². The molecule has 0 saturated heterocycles. The number of esters is 2. The summed E-state index contributed by atoms with van der Waals surface area (Å²) < 4.78 is 32.8. The normalized spacial score (nSPS) is 13.7. The number of nitrogens with two attached hydrogens (primary N) is 1. The molecule has 1 unspecified atom stereocenters. The molecule has 0 rings (SSSR count). The largest absolute Gasteiger partial charge is 0.480 e. The maximum atomic E-state index is 12.7. The van der Waals surface area contributed by atoms with E-state index in [0.29, 0.717) is 12.8 Å². The van der Waals surface area contributed by atoms with Crippen LogP contribution in [0.25, 0.3) is 0 Å². The fraction of sp³-hybridized carbons (Fsp3) is 0.894. The summed E-state index contributed by atoms with van der Waals surface area (Å²) in [6.45, 7) is 2.84. The number of hydrogen-bond donors (Lipinski definition) is 3. The lowest BCUT2D eigenvalue weighted by Gasteiger charge is -2.20. The first-order valence-electron chi connectivity index (χ1n) is 24.2. The average Bonchev–Trinajstić information content (AvgIpc) is 3.21. The summed E-state index contributed by atoms with van der Waals surface area (Å²) in [4.78, 5) is 46.1. The van der Waals surface area contributed by atoms with Crippen LogP contribution in [0.1, 0.15) is 239 Å². The van der Waals surface area contributed by atoms with Gasteiger partial charge in [0.05, 0.1) is 13.2 Å². The van der Waals surface area contributed by atoms with Crippen LogP contribution in [-0.4, -0.2) is 59.9 Å². The Bertz CT molecular complexity index is 1060. The van der Waals surface area contributed by atoms with Crippen LogP contribution in [0.3, 0.4) is 0 Å². The second-order valence-electron chi connectivity index (χ2n) is 16.6. The third-order valence-electron chi connectivity index (χ3n) is 10.8. The summed E-state index contributed by atoms with van der Waals surface area (Å²) in [5.41, 5.74) is 5.34. The van der Waals surface area contributed by atoms with Crippen molar-refractivity contribution in [1.82, 2.24) is 0 Å². The molecule has 12 heteroatoms. The predicted molar refractivity (Wildman–Crippen MR) is 240 cm³/mol. The number of rotatable bonds is 46. The summed E-state index contributed by atoms with van der Waals surface area (Å²) >= 11 is 0. The van der Waals surface area contributed by atoms with Crippen molar-refractivity contribution < 1.29 is 47.5 Å². The Hall–Kier alpha value is -1.78. The van der Waals surface area contributed by atoms with E-state index in [-0.39, 0.29) is 19.4 Å². The lowest BCUT2D eigenvalue weighted by Crippen LogP contribution is -2.34. The molecule has 4 N–H and O–H groups in total. The predicted octanol–water partition coefficient (Wildman–Crippen LogP) is 13.2. The van der Waals surface area contributed by atoms with Crippen LogP contribution in [-0.2, 0) is 37.5 Å². The molecule has 0 aromatic carbocycles. The first-order valence-corrected chi connectivity index (χ1v) is 25.7. The van der Waals surface area contributed by atoms with Gasteiger partial charge in [0.1, 0.15) is 12.6 Å². The smallest absolute Gasteiger partial charge is 0.472 e. The molecule has 3 atom stereocenters. The van der Waals surface area contributed by atoms with Crippen LogP contribution in [0.4, 0.5) is 0 Å². The number of hydrogen-bond acceptors (Lipinski definition) is 9. The lowest BCUT2D eigenvalue weighted by atomic mass is 10.0. The molecule has 0 aromatic rings. The van der Waals surface area contributed by atoms with Crippen LogP contribution in [0.2, 0.25) is 0 Å². The van der Waals surface area contributed by atoms with E-state index in [1.807, 2.05) is 0 Å². The highest BCUT2D eigenvalue weighted by Gasteiger charge is 2.28. The zero-order valence-corrected chi connectivity index (χ0v) is 38.8. The number of carboxylic acid groups (broad SMARTS) is 1. The van der Waals surface area contributed by atoms with Crippen LogP contribution in [0.5, 0.6) is 0 Å². The number of phosphoric ester groups is 1. The highest BCUT2D eigenvalue weighted by molar-refractivity contribution is 7.47. The van der Waals surface area contributed by atoms with Gasteiger partial charge in [-0.25, -0.2) is 4.57 Å². The average molecular weight is 860 g/mol. The topological polar surface area (TPSA) is 172 Å². The summed E-state index contributed by atoms with van der Waals surface area (Å²) in [6.07, 6.45) is 44.1. The van der Waals surface area contributed by atoms with Gasteiger partial charge in [0.25, 0.3) is 0 Å². The molecule has 0 aliphatic heterocycles. The third kappa shape index (κ3) is 42.7. The third-order valence-corrected chi connectivity index (χ3v) is 11.7. The van der Waals surface area contributed by atoms with Gasteiger partial charge < -0.3 is 25.2 Å². The molecule has 59 heavy (non-hydrogen) atoms. The molecule has 0 aliphatic rings. The van der Waals surface area contributed by atoms with E-state index in [0.717, 1.165) is 38.5 Å². The first kappa shape index (κ1) is 57.2.